The molecule has 1 aliphatic rings. The number of ether oxygens (including phenoxy) is 1. The van der Waals surface area contributed by atoms with Gasteiger partial charge < -0.3 is 10.1 Å². The normalized spacial score (nSPS) is 16.3. The van der Waals surface area contributed by atoms with Gasteiger partial charge in [0.15, 0.2) is 0 Å². The van der Waals surface area contributed by atoms with Crippen LogP contribution >= 0.6 is 0 Å². The molecule has 2 rings (SSSR count). The van der Waals surface area contributed by atoms with E-state index in [0.717, 1.165) is 24.7 Å². The molecule has 7 heteroatoms. The van der Waals surface area contributed by atoms with E-state index in [-0.39, 0.29) is 5.91 Å². The quantitative estimate of drug-likeness (QED) is 0.731. The number of methoxy groups -OCH3 is 1. The summed E-state index contributed by atoms with van der Waals surface area (Å²) in [6.07, 6.45) is 2.72. The molecule has 1 aromatic rings. The SMILES string of the molecule is COCCNC(=O)C1(c2ccc(NS(C)(=O)=O)cc2)CC1. The Bertz CT molecular complexity index is 606. The summed E-state index contributed by atoms with van der Waals surface area (Å²) in [7, 11) is -1.69. The molecule has 0 radical (unpaired) electrons. The van der Waals surface area contributed by atoms with Crippen molar-refractivity contribution in [2.45, 2.75) is 18.3 Å². The average Bonchev–Trinajstić information content (AvgIpc) is 3.19. The fourth-order valence-corrected chi connectivity index (χ4v) is 2.84. The molecule has 1 aromatic carbocycles. The summed E-state index contributed by atoms with van der Waals surface area (Å²) in [5.41, 5.74) is 0.950. The van der Waals surface area contributed by atoms with Crippen LogP contribution in [0.3, 0.4) is 0 Å². The number of carbonyl (C=O) groups excluding carboxylic acids is 1. The molecule has 6 nitrogen and oxygen atoms in total. The van der Waals surface area contributed by atoms with Gasteiger partial charge in [-0.25, -0.2) is 8.42 Å². The van der Waals surface area contributed by atoms with E-state index < -0.39 is 15.4 Å². The number of hydrogen-bond acceptors (Lipinski definition) is 4. The highest BCUT2D eigenvalue weighted by molar-refractivity contribution is 7.92. The third kappa shape index (κ3) is 3.95. The Balaban J connectivity index is 2.06. The smallest absolute Gasteiger partial charge is 0.230 e. The van der Waals surface area contributed by atoms with Crippen LogP contribution < -0.4 is 10.0 Å². The van der Waals surface area contributed by atoms with Crippen LogP contribution in [0.1, 0.15) is 18.4 Å². The number of rotatable bonds is 7. The molecule has 0 saturated heterocycles. The van der Waals surface area contributed by atoms with Crippen LogP contribution in [-0.4, -0.2) is 40.8 Å². The molecule has 0 bridgehead atoms. The van der Waals surface area contributed by atoms with E-state index in [2.05, 4.69) is 10.0 Å². The topological polar surface area (TPSA) is 84.5 Å². The Morgan fingerprint density at radius 3 is 2.38 bits per heavy atom. The van der Waals surface area contributed by atoms with Crippen molar-refractivity contribution in [3.63, 3.8) is 0 Å². The second-order valence-corrected chi connectivity index (χ2v) is 7.03. The maximum Gasteiger partial charge on any atom is 0.230 e. The van der Waals surface area contributed by atoms with Crippen LogP contribution in [0.25, 0.3) is 0 Å². The van der Waals surface area contributed by atoms with E-state index in [4.69, 9.17) is 4.74 Å². The largest absolute Gasteiger partial charge is 0.383 e. The van der Waals surface area contributed by atoms with E-state index in [1.165, 1.54) is 0 Å². The first-order valence-corrected chi connectivity index (χ1v) is 8.62. The molecular weight excluding hydrogens is 292 g/mol. The van der Waals surface area contributed by atoms with Gasteiger partial charge >= 0.3 is 0 Å². The number of hydrogen-bond donors (Lipinski definition) is 2. The van der Waals surface area contributed by atoms with Crippen LogP contribution in [0, 0.1) is 0 Å². The minimum absolute atomic E-state index is 0.00312. The summed E-state index contributed by atoms with van der Waals surface area (Å²) in [4.78, 5) is 12.2. The van der Waals surface area contributed by atoms with Gasteiger partial charge in [-0.2, -0.15) is 0 Å². The summed E-state index contributed by atoms with van der Waals surface area (Å²) >= 11 is 0. The average molecular weight is 312 g/mol. The van der Waals surface area contributed by atoms with E-state index in [0.29, 0.717) is 18.8 Å². The highest BCUT2D eigenvalue weighted by atomic mass is 32.2. The molecule has 0 heterocycles. The Hall–Kier alpha value is -1.60. The van der Waals surface area contributed by atoms with Gasteiger partial charge in [-0.3, -0.25) is 9.52 Å². The van der Waals surface area contributed by atoms with Gasteiger partial charge in [-0.05, 0) is 30.5 Å². The predicted octanol–water partition coefficient (Wildman–Crippen LogP) is 0.852. The fourth-order valence-electron chi connectivity index (χ4n) is 2.28. The van der Waals surface area contributed by atoms with E-state index >= 15 is 0 Å². The lowest BCUT2D eigenvalue weighted by molar-refractivity contribution is -0.123. The van der Waals surface area contributed by atoms with Gasteiger partial charge in [0.1, 0.15) is 0 Å². The summed E-state index contributed by atoms with van der Waals surface area (Å²) in [5.74, 6) is 0.00312. The molecule has 0 atom stereocenters. The van der Waals surface area contributed by atoms with Gasteiger partial charge in [-0.1, -0.05) is 12.1 Å². The van der Waals surface area contributed by atoms with Crippen molar-refractivity contribution >= 4 is 21.6 Å². The third-order valence-corrected chi connectivity index (χ3v) is 4.12. The molecule has 0 unspecified atom stereocenters. The van der Waals surface area contributed by atoms with Gasteiger partial charge in [0.2, 0.25) is 15.9 Å². The highest BCUT2D eigenvalue weighted by Gasteiger charge is 2.50. The Labute approximate surface area is 124 Å². The molecule has 1 fully saturated rings. The van der Waals surface area contributed by atoms with Crippen molar-refractivity contribution < 1.29 is 17.9 Å². The zero-order chi connectivity index (χ0) is 15.5. The van der Waals surface area contributed by atoms with Crippen LogP contribution in [0.15, 0.2) is 24.3 Å². The fraction of sp³-hybridized carbons (Fsp3) is 0.500. The standard InChI is InChI=1S/C14H20N2O4S/c1-20-10-9-15-13(17)14(7-8-14)11-3-5-12(6-4-11)16-21(2,18)19/h3-6,16H,7-10H2,1-2H3,(H,15,17). The lowest BCUT2D eigenvalue weighted by atomic mass is 9.95. The number of carbonyl (C=O) groups is 1. The Morgan fingerprint density at radius 1 is 1.29 bits per heavy atom. The summed E-state index contributed by atoms with van der Waals surface area (Å²) in [6.45, 7) is 0.976. The molecule has 116 valence electrons. The van der Waals surface area contributed by atoms with Crippen molar-refractivity contribution in [3.05, 3.63) is 29.8 Å². The third-order valence-electron chi connectivity index (χ3n) is 3.52. The second-order valence-electron chi connectivity index (χ2n) is 5.28. The Kier molecular flexibility index (Phi) is 4.53. The van der Waals surface area contributed by atoms with Gasteiger partial charge in [0, 0.05) is 19.3 Å². The lowest BCUT2D eigenvalue weighted by Crippen LogP contribution is -2.36. The van der Waals surface area contributed by atoms with Crippen molar-refractivity contribution in [2.24, 2.45) is 0 Å². The minimum atomic E-state index is -3.28. The summed E-state index contributed by atoms with van der Waals surface area (Å²) < 4.78 is 29.6. The second kappa shape index (κ2) is 6.03. The molecule has 2 N–H and O–H groups in total. The minimum Gasteiger partial charge on any atom is -0.383 e. The summed E-state index contributed by atoms with van der Waals surface area (Å²) in [5, 5.41) is 2.86. The Morgan fingerprint density at radius 2 is 1.90 bits per heavy atom. The number of nitrogens with one attached hydrogen (secondary N) is 2. The molecule has 0 aliphatic heterocycles. The zero-order valence-corrected chi connectivity index (χ0v) is 13.0. The molecule has 0 spiro atoms. The van der Waals surface area contributed by atoms with E-state index in [1.54, 1.807) is 31.4 Å². The zero-order valence-electron chi connectivity index (χ0n) is 12.2. The first-order valence-electron chi connectivity index (χ1n) is 6.73. The van der Waals surface area contributed by atoms with E-state index in [1.807, 2.05) is 0 Å². The number of anilines is 1. The van der Waals surface area contributed by atoms with Gasteiger partial charge in [0.05, 0.1) is 18.3 Å². The van der Waals surface area contributed by atoms with Crippen molar-refractivity contribution in [2.75, 3.05) is 31.2 Å². The molecule has 1 saturated carbocycles. The number of sulfonamides is 1. The maximum atomic E-state index is 12.2. The molecule has 1 aliphatic carbocycles. The van der Waals surface area contributed by atoms with Gasteiger partial charge in [-0.15, -0.1) is 0 Å². The highest BCUT2D eigenvalue weighted by Crippen LogP contribution is 2.48. The number of benzene rings is 1. The van der Waals surface area contributed by atoms with Crippen LogP contribution in [0.2, 0.25) is 0 Å². The molecular formula is C14H20N2O4S. The van der Waals surface area contributed by atoms with E-state index in [9.17, 15) is 13.2 Å². The van der Waals surface area contributed by atoms with Crippen molar-refractivity contribution in [1.29, 1.82) is 0 Å². The van der Waals surface area contributed by atoms with Crippen LogP contribution in [-0.2, 0) is 25.0 Å². The maximum absolute atomic E-state index is 12.2. The van der Waals surface area contributed by atoms with Crippen molar-refractivity contribution in [1.82, 2.24) is 5.32 Å². The van der Waals surface area contributed by atoms with Crippen molar-refractivity contribution in [3.8, 4) is 0 Å². The van der Waals surface area contributed by atoms with Gasteiger partial charge in [0.25, 0.3) is 0 Å². The van der Waals surface area contributed by atoms with Crippen LogP contribution in [0.5, 0.6) is 0 Å². The monoisotopic (exact) mass is 312 g/mol. The first kappa shape index (κ1) is 15.8. The summed E-state index contributed by atoms with van der Waals surface area (Å²) in [6, 6.07) is 6.96. The molecule has 21 heavy (non-hydrogen) atoms. The molecule has 1 amide bonds. The number of amides is 1. The first-order chi connectivity index (χ1) is 9.87. The molecule has 0 aromatic heterocycles. The van der Waals surface area contributed by atoms with Crippen LogP contribution in [0.4, 0.5) is 5.69 Å². The predicted molar refractivity (Wildman–Crippen MR) is 80.7 cm³/mol. The lowest BCUT2D eigenvalue weighted by Gasteiger charge is -2.16.